The summed E-state index contributed by atoms with van der Waals surface area (Å²) in [5, 5.41) is 0.0857. The van der Waals surface area contributed by atoms with E-state index in [0.717, 1.165) is 4.90 Å². The molecule has 0 aromatic carbocycles. The Morgan fingerprint density at radius 2 is 1.94 bits per heavy atom. The van der Waals surface area contributed by atoms with Gasteiger partial charge in [-0.05, 0) is 12.1 Å². The van der Waals surface area contributed by atoms with Gasteiger partial charge in [0, 0.05) is 12.6 Å². The third kappa shape index (κ3) is 3.57. The Morgan fingerprint density at radius 3 is 2.38 bits per heavy atom. The number of pyridine rings is 1. The second kappa shape index (κ2) is 5.41. The SMILES string of the molecule is CN(CC(F)F)C(=O)c1cc(Cl)nc(Cl)c1. The lowest BCUT2D eigenvalue weighted by Crippen LogP contribution is -2.31. The molecule has 0 aliphatic carbocycles. The van der Waals surface area contributed by atoms with Crippen molar-refractivity contribution >= 4 is 29.1 Å². The van der Waals surface area contributed by atoms with Gasteiger partial charge in [0.25, 0.3) is 12.3 Å². The Kier molecular flexibility index (Phi) is 4.44. The molecule has 1 amide bonds. The molecule has 16 heavy (non-hydrogen) atoms. The quantitative estimate of drug-likeness (QED) is 0.790. The molecule has 1 aromatic rings. The zero-order chi connectivity index (χ0) is 12.3. The van der Waals surface area contributed by atoms with E-state index in [0.29, 0.717) is 0 Å². The number of rotatable bonds is 3. The van der Waals surface area contributed by atoms with Crippen molar-refractivity contribution in [2.45, 2.75) is 6.43 Å². The van der Waals surface area contributed by atoms with Crippen LogP contribution in [0.4, 0.5) is 8.78 Å². The first-order valence-corrected chi connectivity index (χ1v) is 5.02. The minimum absolute atomic E-state index is 0.0429. The van der Waals surface area contributed by atoms with Crippen LogP contribution in [0.2, 0.25) is 10.3 Å². The molecule has 1 aromatic heterocycles. The van der Waals surface area contributed by atoms with Gasteiger partial charge in [0.15, 0.2) is 0 Å². The maximum Gasteiger partial charge on any atom is 0.255 e. The number of halogens is 4. The van der Waals surface area contributed by atoms with Gasteiger partial charge >= 0.3 is 0 Å². The van der Waals surface area contributed by atoms with Crippen molar-refractivity contribution in [2.75, 3.05) is 13.6 Å². The lowest BCUT2D eigenvalue weighted by Gasteiger charge is -2.16. The molecule has 0 aliphatic heterocycles. The molecule has 0 N–H and O–H groups in total. The largest absolute Gasteiger partial charge is 0.336 e. The summed E-state index contributed by atoms with van der Waals surface area (Å²) in [6.07, 6.45) is -2.58. The summed E-state index contributed by atoms with van der Waals surface area (Å²) < 4.78 is 24.1. The Bertz CT molecular complexity index is 381. The van der Waals surface area contributed by atoms with Gasteiger partial charge in [0.1, 0.15) is 10.3 Å². The molecular weight excluding hydrogens is 261 g/mol. The van der Waals surface area contributed by atoms with E-state index in [-0.39, 0.29) is 15.9 Å². The average Bonchev–Trinajstić information content (AvgIpc) is 2.13. The van der Waals surface area contributed by atoms with Crippen molar-refractivity contribution in [1.29, 1.82) is 0 Å². The monoisotopic (exact) mass is 268 g/mol. The maximum absolute atomic E-state index is 12.1. The number of aromatic nitrogens is 1. The van der Waals surface area contributed by atoms with Gasteiger partial charge in [-0.25, -0.2) is 13.8 Å². The highest BCUT2D eigenvalue weighted by molar-refractivity contribution is 6.33. The van der Waals surface area contributed by atoms with Gasteiger partial charge in [-0.3, -0.25) is 4.79 Å². The zero-order valence-electron chi connectivity index (χ0n) is 8.25. The number of hydrogen-bond donors (Lipinski definition) is 0. The van der Waals surface area contributed by atoms with E-state index in [2.05, 4.69) is 4.98 Å². The van der Waals surface area contributed by atoms with E-state index in [4.69, 9.17) is 23.2 Å². The highest BCUT2D eigenvalue weighted by Gasteiger charge is 2.16. The summed E-state index contributed by atoms with van der Waals surface area (Å²) in [5.41, 5.74) is 0.133. The van der Waals surface area contributed by atoms with Crippen molar-refractivity contribution < 1.29 is 13.6 Å². The van der Waals surface area contributed by atoms with Crippen LogP contribution in [-0.2, 0) is 0 Å². The summed E-state index contributed by atoms with van der Waals surface area (Å²) >= 11 is 11.2. The van der Waals surface area contributed by atoms with Gasteiger partial charge in [-0.15, -0.1) is 0 Å². The van der Waals surface area contributed by atoms with Gasteiger partial charge < -0.3 is 4.90 Å². The van der Waals surface area contributed by atoms with Gasteiger partial charge in [0.2, 0.25) is 0 Å². The number of amides is 1. The lowest BCUT2D eigenvalue weighted by molar-refractivity contribution is 0.0620. The average molecular weight is 269 g/mol. The molecule has 0 fully saturated rings. The summed E-state index contributed by atoms with van der Waals surface area (Å²) in [5.74, 6) is -0.577. The van der Waals surface area contributed by atoms with Gasteiger partial charge in [-0.2, -0.15) is 0 Å². The molecule has 3 nitrogen and oxygen atoms in total. The second-order valence-electron chi connectivity index (χ2n) is 3.08. The lowest BCUT2D eigenvalue weighted by atomic mass is 10.2. The first kappa shape index (κ1) is 13.1. The maximum atomic E-state index is 12.1. The minimum Gasteiger partial charge on any atom is -0.336 e. The van der Waals surface area contributed by atoms with Gasteiger partial charge in [-0.1, -0.05) is 23.2 Å². The number of alkyl halides is 2. The van der Waals surface area contributed by atoms with E-state index in [1.54, 1.807) is 0 Å². The first-order valence-electron chi connectivity index (χ1n) is 4.27. The fraction of sp³-hybridized carbons (Fsp3) is 0.333. The van der Waals surface area contributed by atoms with Gasteiger partial charge in [0.05, 0.1) is 6.54 Å². The van der Waals surface area contributed by atoms with Crippen LogP contribution in [0, 0.1) is 0 Å². The second-order valence-corrected chi connectivity index (χ2v) is 3.85. The molecule has 0 aliphatic rings. The van der Waals surface area contributed by atoms with E-state index in [1.165, 1.54) is 19.2 Å². The summed E-state index contributed by atoms with van der Waals surface area (Å²) in [7, 11) is 1.27. The van der Waals surface area contributed by atoms with Crippen LogP contribution in [0.5, 0.6) is 0 Å². The highest BCUT2D eigenvalue weighted by Crippen LogP contribution is 2.16. The van der Waals surface area contributed by atoms with E-state index >= 15 is 0 Å². The first-order chi connectivity index (χ1) is 7.40. The predicted molar refractivity (Wildman–Crippen MR) is 57.2 cm³/mol. The smallest absolute Gasteiger partial charge is 0.255 e. The van der Waals surface area contributed by atoms with Crippen molar-refractivity contribution in [1.82, 2.24) is 9.88 Å². The summed E-state index contributed by atoms with van der Waals surface area (Å²) in [6, 6.07) is 2.55. The molecule has 1 rings (SSSR count). The summed E-state index contributed by atoms with van der Waals surface area (Å²) in [4.78, 5) is 16.2. The molecule has 0 unspecified atom stereocenters. The van der Waals surface area contributed by atoms with Crippen LogP contribution in [0.25, 0.3) is 0 Å². The normalized spacial score (nSPS) is 10.6. The molecule has 1 heterocycles. The van der Waals surface area contributed by atoms with E-state index in [9.17, 15) is 13.6 Å². The van der Waals surface area contributed by atoms with Crippen LogP contribution in [0.1, 0.15) is 10.4 Å². The summed E-state index contributed by atoms with van der Waals surface area (Å²) in [6.45, 7) is -0.642. The van der Waals surface area contributed by atoms with Crippen LogP contribution in [0.3, 0.4) is 0 Å². The highest BCUT2D eigenvalue weighted by atomic mass is 35.5. The van der Waals surface area contributed by atoms with E-state index in [1.807, 2.05) is 0 Å². The van der Waals surface area contributed by atoms with Crippen molar-refractivity contribution in [3.05, 3.63) is 28.0 Å². The molecule has 0 radical (unpaired) electrons. The Labute approximate surface area is 101 Å². The fourth-order valence-electron chi connectivity index (χ4n) is 1.10. The topological polar surface area (TPSA) is 33.2 Å². The molecule has 0 spiro atoms. The molecule has 0 atom stereocenters. The van der Waals surface area contributed by atoms with Crippen LogP contribution < -0.4 is 0 Å². The minimum atomic E-state index is -2.58. The number of carbonyl (C=O) groups excluding carboxylic acids is 1. The Morgan fingerprint density at radius 1 is 1.44 bits per heavy atom. The van der Waals surface area contributed by atoms with Crippen LogP contribution in [-0.4, -0.2) is 35.8 Å². The molecule has 0 saturated carbocycles. The zero-order valence-corrected chi connectivity index (χ0v) is 9.77. The third-order valence-corrected chi connectivity index (χ3v) is 2.16. The number of carbonyl (C=O) groups is 1. The predicted octanol–water partition coefficient (Wildman–Crippen LogP) is 2.73. The van der Waals surface area contributed by atoms with Crippen LogP contribution in [0.15, 0.2) is 12.1 Å². The molecule has 0 saturated heterocycles. The Hall–Kier alpha value is -0.940. The van der Waals surface area contributed by atoms with Crippen LogP contribution >= 0.6 is 23.2 Å². The molecule has 0 bridgehead atoms. The van der Waals surface area contributed by atoms with Crippen molar-refractivity contribution in [3.63, 3.8) is 0 Å². The molecule has 7 heteroatoms. The molecule has 88 valence electrons. The molecular formula is C9H8Cl2F2N2O. The van der Waals surface area contributed by atoms with Crippen molar-refractivity contribution in [2.24, 2.45) is 0 Å². The Balaban J connectivity index is 2.87. The standard InChI is InChI=1S/C9H8Cl2F2N2O/c1-15(4-8(12)13)9(16)5-2-6(10)14-7(11)3-5/h2-3,8H,4H2,1H3. The third-order valence-electron chi connectivity index (χ3n) is 1.77. The number of nitrogens with zero attached hydrogens (tertiary/aromatic N) is 2. The van der Waals surface area contributed by atoms with E-state index < -0.39 is 18.9 Å². The number of hydrogen-bond acceptors (Lipinski definition) is 2. The van der Waals surface area contributed by atoms with Crippen molar-refractivity contribution in [3.8, 4) is 0 Å². The fourth-order valence-corrected chi connectivity index (χ4v) is 1.56.